The first kappa shape index (κ1) is 8.56. The van der Waals surface area contributed by atoms with E-state index in [0.717, 1.165) is 0 Å². The van der Waals surface area contributed by atoms with Gasteiger partial charge in [-0.2, -0.15) is 0 Å². The Bertz CT molecular complexity index is 211. The van der Waals surface area contributed by atoms with Crippen molar-refractivity contribution in [1.82, 2.24) is 9.29 Å². The minimum absolute atomic E-state index is 0.335. The van der Waals surface area contributed by atoms with Crippen molar-refractivity contribution in [1.29, 1.82) is 0 Å². The fourth-order valence-electron chi connectivity index (χ4n) is 0.858. The number of hydrogen-bond acceptors (Lipinski definition) is 3. The molecule has 0 bridgehead atoms. The third-order valence-electron chi connectivity index (χ3n) is 1.75. The summed E-state index contributed by atoms with van der Waals surface area (Å²) in [7, 11) is 1.94. The summed E-state index contributed by atoms with van der Waals surface area (Å²) in [5.41, 5.74) is 1.23. The molecule has 11 heavy (non-hydrogen) atoms. The lowest BCUT2D eigenvalue weighted by atomic mass is 10.1. The molecular weight excluding hydrogens is 156 g/mol. The Morgan fingerprint density at radius 2 is 2.00 bits per heavy atom. The van der Waals surface area contributed by atoms with Gasteiger partial charge in [0.05, 0.1) is 0 Å². The maximum atomic E-state index is 4.22. The van der Waals surface area contributed by atoms with Crippen LogP contribution in [-0.2, 0) is 0 Å². The molecule has 0 radical (unpaired) electrons. The second-order valence-electron chi connectivity index (χ2n) is 2.53. The van der Waals surface area contributed by atoms with Crippen LogP contribution in [0.1, 0.15) is 18.5 Å². The monoisotopic (exact) mass is 168 g/mol. The van der Waals surface area contributed by atoms with E-state index in [1.54, 1.807) is 12.4 Å². The van der Waals surface area contributed by atoms with Crippen molar-refractivity contribution in [2.75, 3.05) is 7.05 Å². The van der Waals surface area contributed by atoms with Crippen LogP contribution in [0.5, 0.6) is 0 Å². The first-order valence-electron chi connectivity index (χ1n) is 3.53. The lowest BCUT2D eigenvalue weighted by molar-refractivity contribution is 0.458. The van der Waals surface area contributed by atoms with Crippen molar-refractivity contribution in [3.8, 4) is 0 Å². The predicted molar refractivity (Wildman–Crippen MR) is 49.4 cm³/mol. The zero-order valence-electron chi connectivity index (χ0n) is 6.73. The molecule has 1 aromatic rings. The van der Waals surface area contributed by atoms with Crippen molar-refractivity contribution in [3.63, 3.8) is 0 Å². The second-order valence-corrected chi connectivity index (χ2v) is 3.16. The fourth-order valence-corrected chi connectivity index (χ4v) is 0.991. The zero-order valence-corrected chi connectivity index (χ0v) is 7.62. The molecule has 0 saturated heterocycles. The summed E-state index contributed by atoms with van der Waals surface area (Å²) in [6.07, 6.45) is 3.59. The fraction of sp³-hybridized carbons (Fsp3) is 0.375. The van der Waals surface area contributed by atoms with E-state index in [1.807, 2.05) is 23.5 Å². The second kappa shape index (κ2) is 3.74. The summed E-state index contributed by atoms with van der Waals surface area (Å²) in [6, 6.07) is 4.33. The molecule has 60 valence electrons. The van der Waals surface area contributed by atoms with E-state index in [1.165, 1.54) is 5.56 Å². The van der Waals surface area contributed by atoms with Crippen LogP contribution in [0.4, 0.5) is 0 Å². The van der Waals surface area contributed by atoms with Crippen molar-refractivity contribution in [2.45, 2.75) is 13.0 Å². The highest BCUT2D eigenvalue weighted by Crippen LogP contribution is 2.18. The first-order valence-corrected chi connectivity index (χ1v) is 3.93. The van der Waals surface area contributed by atoms with Crippen LogP contribution in [0.3, 0.4) is 0 Å². The van der Waals surface area contributed by atoms with Crippen LogP contribution < -0.4 is 0 Å². The average molecular weight is 168 g/mol. The van der Waals surface area contributed by atoms with E-state index in [2.05, 4.69) is 24.7 Å². The number of thiol groups is 1. The van der Waals surface area contributed by atoms with Crippen LogP contribution >= 0.6 is 12.8 Å². The lowest BCUT2D eigenvalue weighted by Gasteiger charge is -2.17. The van der Waals surface area contributed by atoms with Gasteiger partial charge in [0.1, 0.15) is 0 Å². The largest absolute Gasteiger partial charge is 0.265 e. The topological polar surface area (TPSA) is 16.1 Å². The molecule has 3 heteroatoms. The van der Waals surface area contributed by atoms with Gasteiger partial charge < -0.3 is 0 Å². The Hall–Kier alpha value is -0.540. The normalized spacial score (nSPS) is 13.5. The Kier molecular flexibility index (Phi) is 2.91. The molecule has 1 atom stereocenters. The van der Waals surface area contributed by atoms with E-state index in [9.17, 15) is 0 Å². The summed E-state index contributed by atoms with van der Waals surface area (Å²) in [4.78, 5) is 3.94. The van der Waals surface area contributed by atoms with Crippen LogP contribution in [-0.4, -0.2) is 16.3 Å². The molecule has 1 heterocycles. The minimum atomic E-state index is 0.335. The van der Waals surface area contributed by atoms with Gasteiger partial charge in [-0.1, -0.05) is 12.8 Å². The molecule has 0 aliphatic heterocycles. The highest BCUT2D eigenvalue weighted by Gasteiger charge is 2.06. The number of nitrogens with zero attached hydrogens (tertiary/aromatic N) is 2. The number of rotatable bonds is 2. The van der Waals surface area contributed by atoms with Crippen molar-refractivity contribution < 1.29 is 0 Å². The maximum Gasteiger partial charge on any atom is 0.0419 e. The third-order valence-corrected chi connectivity index (χ3v) is 2.10. The molecular formula is C8H12N2S. The molecule has 0 saturated carbocycles. The number of hydrogen-bond donors (Lipinski definition) is 1. The Morgan fingerprint density at radius 1 is 1.45 bits per heavy atom. The lowest BCUT2D eigenvalue weighted by Crippen LogP contribution is -2.10. The maximum absolute atomic E-state index is 4.22. The molecule has 0 spiro atoms. The number of aromatic nitrogens is 1. The molecule has 2 nitrogen and oxygen atoms in total. The Morgan fingerprint density at radius 3 is 2.45 bits per heavy atom. The van der Waals surface area contributed by atoms with Crippen molar-refractivity contribution in [3.05, 3.63) is 30.1 Å². The van der Waals surface area contributed by atoms with Gasteiger partial charge in [0.25, 0.3) is 0 Å². The number of pyridine rings is 1. The molecule has 0 amide bonds. The smallest absolute Gasteiger partial charge is 0.0419 e. The molecule has 1 unspecified atom stereocenters. The SMILES string of the molecule is CC(c1ccncc1)N(C)S. The summed E-state index contributed by atoms with van der Waals surface area (Å²) < 4.78 is 1.87. The average Bonchev–Trinajstić information content (AvgIpc) is 2.05. The molecule has 1 aromatic heterocycles. The highest BCUT2D eigenvalue weighted by atomic mass is 32.1. The molecule has 0 aliphatic rings. The van der Waals surface area contributed by atoms with Gasteiger partial charge in [0, 0.05) is 18.4 Å². The molecule has 1 rings (SSSR count). The van der Waals surface area contributed by atoms with Gasteiger partial charge in [-0.05, 0) is 31.7 Å². The van der Waals surface area contributed by atoms with E-state index >= 15 is 0 Å². The van der Waals surface area contributed by atoms with Gasteiger partial charge in [0.2, 0.25) is 0 Å². The summed E-state index contributed by atoms with van der Waals surface area (Å²) in [6.45, 7) is 2.10. The minimum Gasteiger partial charge on any atom is -0.265 e. The van der Waals surface area contributed by atoms with Gasteiger partial charge in [0.15, 0.2) is 0 Å². The van der Waals surface area contributed by atoms with E-state index in [-0.39, 0.29) is 0 Å². The van der Waals surface area contributed by atoms with Crippen LogP contribution in [0, 0.1) is 0 Å². The Labute approximate surface area is 72.8 Å². The first-order chi connectivity index (χ1) is 5.22. The van der Waals surface area contributed by atoms with Gasteiger partial charge in [-0.25, -0.2) is 4.31 Å². The van der Waals surface area contributed by atoms with E-state index < -0.39 is 0 Å². The summed E-state index contributed by atoms with van der Waals surface area (Å²) in [5.74, 6) is 0. The molecule has 0 fully saturated rings. The van der Waals surface area contributed by atoms with Gasteiger partial charge >= 0.3 is 0 Å². The molecule has 0 N–H and O–H groups in total. The molecule has 0 aliphatic carbocycles. The predicted octanol–water partition coefficient (Wildman–Crippen LogP) is 1.92. The van der Waals surface area contributed by atoms with Crippen LogP contribution in [0.15, 0.2) is 24.5 Å². The van der Waals surface area contributed by atoms with Crippen molar-refractivity contribution in [2.24, 2.45) is 0 Å². The summed E-state index contributed by atoms with van der Waals surface area (Å²) in [5, 5.41) is 0. The highest BCUT2D eigenvalue weighted by molar-refractivity contribution is 7.77. The zero-order chi connectivity index (χ0) is 8.27. The quantitative estimate of drug-likeness (QED) is 0.679. The molecule has 0 aromatic carbocycles. The van der Waals surface area contributed by atoms with Crippen LogP contribution in [0.25, 0.3) is 0 Å². The standard InChI is InChI=1S/C8H12N2S/c1-7(10(2)11)8-3-5-9-6-4-8/h3-7,11H,1-2H3. The van der Waals surface area contributed by atoms with Crippen molar-refractivity contribution >= 4 is 12.8 Å². The third kappa shape index (κ3) is 2.20. The van der Waals surface area contributed by atoms with Gasteiger partial charge in [-0.3, -0.25) is 4.98 Å². The Balaban J connectivity index is 2.77. The van der Waals surface area contributed by atoms with E-state index in [0.29, 0.717) is 6.04 Å². The van der Waals surface area contributed by atoms with Crippen LogP contribution in [0.2, 0.25) is 0 Å². The van der Waals surface area contributed by atoms with E-state index in [4.69, 9.17) is 0 Å². The van der Waals surface area contributed by atoms with Gasteiger partial charge in [-0.15, -0.1) is 0 Å². The summed E-state index contributed by atoms with van der Waals surface area (Å²) >= 11 is 4.22.